The Morgan fingerprint density at radius 3 is 2.48 bits per heavy atom. The second-order valence-electron chi connectivity index (χ2n) is 6.19. The zero-order chi connectivity index (χ0) is 17.8. The largest absolute Gasteiger partial charge is 0.459 e. The maximum atomic E-state index is 13.0. The van der Waals surface area contributed by atoms with E-state index in [4.69, 9.17) is 9.15 Å². The Kier molecular flexibility index (Phi) is 4.04. The number of carbonyl (C=O) groups is 1. The molecule has 3 aromatic rings. The molecule has 0 fully saturated rings. The number of hydrogen-bond donors (Lipinski definition) is 0. The molecular formula is C20H16Br2O3. The highest BCUT2D eigenvalue weighted by Gasteiger charge is 2.53. The monoisotopic (exact) mass is 462 g/mol. The first kappa shape index (κ1) is 16.9. The van der Waals surface area contributed by atoms with Crippen LogP contribution in [0.25, 0.3) is 11.0 Å². The number of halogens is 2. The first-order valence-electron chi connectivity index (χ1n) is 8.25. The van der Waals surface area contributed by atoms with Gasteiger partial charge < -0.3 is 9.15 Å². The van der Waals surface area contributed by atoms with Crippen molar-refractivity contribution < 1.29 is 13.9 Å². The van der Waals surface area contributed by atoms with Gasteiger partial charge in [-0.2, -0.15) is 0 Å². The van der Waals surface area contributed by atoms with E-state index in [-0.39, 0.29) is 5.97 Å². The van der Waals surface area contributed by atoms with Gasteiger partial charge in [-0.05, 0) is 49.2 Å². The molecule has 1 atom stereocenters. The van der Waals surface area contributed by atoms with E-state index >= 15 is 0 Å². The smallest absolute Gasteiger partial charge is 0.329 e. The number of benzene rings is 2. The van der Waals surface area contributed by atoms with Crippen molar-refractivity contribution >= 4 is 48.8 Å². The summed E-state index contributed by atoms with van der Waals surface area (Å²) in [5.74, 6) is 1.04. The number of ether oxygens (including phenoxy) is 1. The van der Waals surface area contributed by atoms with E-state index in [9.17, 15) is 4.79 Å². The molecule has 1 aliphatic heterocycles. The normalized spacial score (nSPS) is 19.3. The van der Waals surface area contributed by atoms with E-state index < -0.39 is 5.41 Å². The van der Waals surface area contributed by atoms with Crippen molar-refractivity contribution in [2.24, 2.45) is 0 Å². The van der Waals surface area contributed by atoms with E-state index in [2.05, 4.69) is 38.8 Å². The lowest BCUT2D eigenvalue weighted by Crippen LogP contribution is -2.34. The lowest BCUT2D eigenvalue weighted by atomic mass is 9.75. The molecule has 5 heteroatoms. The van der Waals surface area contributed by atoms with Crippen LogP contribution in [0.5, 0.6) is 5.75 Å². The Balaban J connectivity index is 2.07. The topological polar surface area (TPSA) is 39.4 Å². The molecule has 25 heavy (non-hydrogen) atoms. The van der Waals surface area contributed by atoms with Crippen molar-refractivity contribution in [1.29, 1.82) is 0 Å². The minimum absolute atomic E-state index is 0.268. The zero-order valence-corrected chi connectivity index (χ0v) is 17.0. The van der Waals surface area contributed by atoms with Crippen molar-refractivity contribution in [2.75, 3.05) is 0 Å². The molecule has 0 saturated carbocycles. The molecule has 0 bridgehead atoms. The minimum atomic E-state index is -0.907. The summed E-state index contributed by atoms with van der Waals surface area (Å²) < 4.78 is 13.8. The molecule has 128 valence electrons. The third-order valence-corrected chi connectivity index (χ3v) is 5.96. The SMILES string of the molecule is CCc1c(C2(CC)C(=O)Oc3ccc(Br)cc32)oc2ccc(Br)cc12. The highest BCUT2D eigenvalue weighted by Crippen LogP contribution is 2.50. The molecule has 2 aromatic carbocycles. The molecule has 1 aliphatic rings. The lowest BCUT2D eigenvalue weighted by Gasteiger charge is -2.23. The fourth-order valence-electron chi connectivity index (χ4n) is 3.75. The average Bonchev–Trinajstić information content (AvgIpc) is 3.09. The quantitative estimate of drug-likeness (QED) is 0.346. The highest BCUT2D eigenvalue weighted by molar-refractivity contribution is 9.10. The molecule has 0 amide bonds. The summed E-state index contributed by atoms with van der Waals surface area (Å²) in [6.45, 7) is 4.08. The van der Waals surface area contributed by atoms with Crippen molar-refractivity contribution in [3.8, 4) is 5.75 Å². The average molecular weight is 464 g/mol. The predicted molar refractivity (Wildman–Crippen MR) is 104 cm³/mol. The van der Waals surface area contributed by atoms with Crippen LogP contribution in [-0.4, -0.2) is 5.97 Å². The summed E-state index contributed by atoms with van der Waals surface area (Å²) in [6.07, 6.45) is 1.35. The van der Waals surface area contributed by atoms with Gasteiger partial charge in [-0.3, -0.25) is 4.79 Å². The van der Waals surface area contributed by atoms with Gasteiger partial charge in [0.2, 0.25) is 0 Å². The third kappa shape index (κ3) is 2.32. The highest BCUT2D eigenvalue weighted by atomic mass is 79.9. The number of fused-ring (bicyclic) bond motifs is 2. The van der Waals surface area contributed by atoms with Gasteiger partial charge in [0.1, 0.15) is 17.1 Å². The van der Waals surface area contributed by atoms with Crippen LogP contribution in [0.1, 0.15) is 37.2 Å². The predicted octanol–water partition coefficient (Wildman–Crippen LogP) is 6.14. The molecule has 0 N–H and O–H groups in total. The van der Waals surface area contributed by atoms with Gasteiger partial charge >= 0.3 is 5.97 Å². The Morgan fingerprint density at radius 2 is 1.76 bits per heavy atom. The summed E-state index contributed by atoms with van der Waals surface area (Å²) in [7, 11) is 0. The second kappa shape index (κ2) is 5.99. The number of carbonyl (C=O) groups excluding carboxylic acids is 1. The Morgan fingerprint density at radius 1 is 1.04 bits per heavy atom. The fraction of sp³-hybridized carbons (Fsp3) is 0.250. The van der Waals surface area contributed by atoms with Gasteiger partial charge in [0.05, 0.1) is 0 Å². The molecule has 0 saturated heterocycles. The molecule has 3 nitrogen and oxygen atoms in total. The van der Waals surface area contributed by atoms with Gasteiger partial charge in [-0.15, -0.1) is 0 Å². The van der Waals surface area contributed by atoms with Crippen LogP contribution in [0.3, 0.4) is 0 Å². The van der Waals surface area contributed by atoms with Gasteiger partial charge in [-0.25, -0.2) is 0 Å². The summed E-state index contributed by atoms with van der Waals surface area (Å²) in [4.78, 5) is 13.0. The van der Waals surface area contributed by atoms with E-state index in [0.29, 0.717) is 17.9 Å². The second-order valence-corrected chi connectivity index (χ2v) is 8.02. The molecule has 1 unspecified atom stereocenters. The number of rotatable bonds is 3. The lowest BCUT2D eigenvalue weighted by molar-refractivity contribution is -0.137. The molecule has 0 spiro atoms. The van der Waals surface area contributed by atoms with E-state index in [1.807, 2.05) is 43.3 Å². The zero-order valence-electron chi connectivity index (χ0n) is 13.9. The maximum absolute atomic E-state index is 13.0. The summed E-state index contributed by atoms with van der Waals surface area (Å²) in [5, 5.41) is 1.04. The van der Waals surface area contributed by atoms with Crippen molar-refractivity contribution in [3.05, 3.63) is 62.2 Å². The van der Waals surface area contributed by atoms with Crippen LogP contribution in [0.2, 0.25) is 0 Å². The summed E-state index contributed by atoms with van der Waals surface area (Å²) >= 11 is 7.04. The molecule has 4 rings (SSSR count). The van der Waals surface area contributed by atoms with Crippen molar-refractivity contribution in [1.82, 2.24) is 0 Å². The van der Waals surface area contributed by atoms with E-state index in [0.717, 1.165) is 37.5 Å². The third-order valence-electron chi connectivity index (χ3n) is 4.98. The first-order valence-corrected chi connectivity index (χ1v) is 9.83. The van der Waals surface area contributed by atoms with Crippen LogP contribution in [0.15, 0.2) is 49.8 Å². The molecule has 2 heterocycles. The Bertz CT molecular complexity index is 1010. The number of hydrogen-bond acceptors (Lipinski definition) is 3. The first-order chi connectivity index (χ1) is 12.0. The van der Waals surface area contributed by atoms with Gasteiger partial charge in [0.25, 0.3) is 0 Å². The van der Waals surface area contributed by atoms with Crippen molar-refractivity contribution in [3.63, 3.8) is 0 Å². The van der Waals surface area contributed by atoms with Gasteiger partial charge in [0.15, 0.2) is 5.41 Å². The van der Waals surface area contributed by atoms with Crippen LogP contribution in [0, 0.1) is 0 Å². The Labute approximate surface area is 162 Å². The van der Waals surface area contributed by atoms with Crippen LogP contribution in [0.4, 0.5) is 0 Å². The van der Waals surface area contributed by atoms with Crippen molar-refractivity contribution in [2.45, 2.75) is 32.1 Å². The maximum Gasteiger partial charge on any atom is 0.329 e. The molecular weight excluding hydrogens is 448 g/mol. The Hall–Kier alpha value is -1.59. The number of aryl methyl sites for hydroxylation is 1. The standard InChI is InChI=1S/C20H16Br2O3/c1-3-13-14-9-11(21)5-7-16(14)24-18(13)20(4-2)15-10-12(22)6-8-17(15)25-19(20)23/h5-10H,3-4H2,1-2H3. The molecule has 1 aromatic heterocycles. The van der Waals surface area contributed by atoms with Gasteiger partial charge in [-0.1, -0.05) is 45.7 Å². The fourth-order valence-corrected chi connectivity index (χ4v) is 4.47. The van der Waals surface area contributed by atoms with Crippen LogP contribution in [-0.2, 0) is 16.6 Å². The number of furan rings is 1. The minimum Gasteiger partial charge on any atom is -0.459 e. The number of esters is 1. The van der Waals surface area contributed by atoms with Gasteiger partial charge in [0, 0.05) is 25.5 Å². The molecule has 0 radical (unpaired) electrons. The summed E-state index contributed by atoms with van der Waals surface area (Å²) in [6, 6.07) is 11.6. The van der Waals surface area contributed by atoms with Crippen LogP contribution >= 0.6 is 31.9 Å². The molecule has 0 aliphatic carbocycles. The van der Waals surface area contributed by atoms with E-state index in [1.165, 1.54) is 0 Å². The summed E-state index contributed by atoms with van der Waals surface area (Å²) in [5.41, 5.74) is 1.81. The van der Waals surface area contributed by atoms with Crippen LogP contribution < -0.4 is 4.74 Å². The van der Waals surface area contributed by atoms with E-state index in [1.54, 1.807) is 0 Å².